The fourth-order valence-corrected chi connectivity index (χ4v) is 2.98. The summed E-state index contributed by atoms with van der Waals surface area (Å²) in [5, 5.41) is 3.53. The molecule has 0 aromatic heterocycles. The normalized spacial score (nSPS) is 11.6. The van der Waals surface area contributed by atoms with Crippen molar-refractivity contribution in [3.05, 3.63) is 26.6 Å². The summed E-state index contributed by atoms with van der Waals surface area (Å²) < 4.78 is 7.23. The summed E-state index contributed by atoms with van der Waals surface area (Å²) in [5.74, 6) is 0.837. The van der Waals surface area contributed by atoms with Gasteiger partial charge in [-0.25, -0.2) is 0 Å². The molecule has 0 heterocycles. The molecule has 0 bridgehead atoms. The molecule has 4 heteroatoms. The summed E-state index contributed by atoms with van der Waals surface area (Å²) in [6.07, 6.45) is 1.10. The van der Waals surface area contributed by atoms with Crippen LogP contribution in [0.2, 0.25) is 0 Å². The molecule has 0 spiro atoms. The van der Waals surface area contributed by atoms with Gasteiger partial charge in [-0.1, -0.05) is 6.92 Å². The molecule has 0 unspecified atom stereocenters. The standard InChI is InChI=1S/C13H19Br2NO/c1-5-13(2,3)16-8-9-6-10(14)12(17-4)11(15)7-9/h6-7,16H,5,8H2,1-4H3. The van der Waals surface area contributed by atoms with Gasteiger partial charge in [0.2, 0.25) is 0 Å². The van der Waals surface area contributed by atoms with Gasteiger partial charge in [0.25, 0.3) is 0 Å². The number of halogens is 2. The zero-order valence-electron chi connectivity index (χ0n) is 10.7. The Morgan fingerprint density at radius 3 is 2.18 bits per heavy atom. The van der Waals surface area contributed by atoms with E-state index in [0.717, 1.165) is 27.7 Å². The first-order valence-electron chi connectivity index (χ1n) is 5.66. The van der Waals surface area contributed by atoms with Gasteiger partial charge in [0.15, 0.2) is 0 Å². The molecule has 1 rings (SSSR count). The van der Waals surface area contributed by atoms with Crippen LogP contribution in [0, 0.1) is 0 Å². The second-order valence-electron chi connectivity index (χ2n) is 4.68. The molecule has 0 saturated heterocycles. The summed E-state index contributed by atoms with van der Waals surface area (Å²) in [6.45, 7) is 7.45. The smallest absolute Gasteiger partial charge is 0.147 e. The summed E-state index contributed by atoms with van der Waals surface area (Å²) in [5.41, 5.74) is 1.39. The third-order valence-electron chi connectivity index (χ3n) is 2.92. The highest BCUT2D eigenvalue weighted by molar-refractivity contribution is 9.11. The molecule has 0 aliphatic rings. The number of rotatable bonds is 5. The molecule has 0 aliphatic heterocycles. The van der Waals surface area contributed by atoms with Gasteiger partial charge in [0.05, 0.1) is 16.1 Å². The van der Waals surface area contributed by atoms with Crippen molar-refractivity contribution >= 4 is 31.9 Å². The van der Waals surface area contributed by atoms with Crippen molar-refractivity contribution in [2.75, 3.05) is 7.11 Å². The lowest BCUT2D eigenvalue weighted by Crippen LogP contribution is -2.37. The minimum absolute atomic E-state index is 0.166. The highest BCUT2D eigenvalue weighted by Gasteiger charge is 2.14. The van der Waals surface area contributed by atoms with Gasteiger partial charge in [0, 0.05) is 12.1 Å². The summed E-state index contributed by atoms with van der Waals surface area (Å²) in [7, 11) is 1.67. The molecule has 0 saturated carbocycles. The quantitative estimate of drug-likeness (QED) is 0.830. The number of hydrogen-bond donors (Lipinski definition) is 1. The van der Waals surface area contributed by atoms with Gasteiger partial charge in [-0.15, -0.1) is 0 Å². The molecule has 0 aliphatic carbocycles. The first kappa shape index (κ1) is 15.0. The molecule has 0 fully saturated rings. The van der Waals surface area contributed by atoms with Crippen LogP contribution >= 0.6 is 31.9 Å². The second kappa shape index (κ2) is 6.21. The monoisotopic (exact) mass is 363 g/mol. The SMILES string of the molecule is CCC(C)(C)NCc1cc(Br)c(OC)c(Br)c1. The molecule has 2 nitrogen and oxygen atoms in total. The van der Waals surface area contributed by atoms with Crippen LogP contribution < -0.4 is 10.1 Å². The van der Waals surface area contributed by atoms with E-state index in [-0.39, 0.29) is 5.54 Å². The summed E-state index contributed by atoms with van der Waals surface area (Å²) in [4.78, 5) is 0. The van der Waals surface area contributed by atoms with Gasteiger partial charge >= 0.3 is 0 Å². The first-order valence-corrected chi connectivity index (χ1v) is 7.25. The highest BCUT2D eigenvalue weighted by Crippen LogP contribution is 2.34. The van der Waals surface area contributed by atoms with E-state index in [1.165, 1.54) is 5.56 Å². The molecule has 1 aromatic carbocycles. The molecule has 0 atom stereocenters. The van der Waals surface area contributed by atoms with E-state index in [2.05, 4.69) is 70.1 Å². The van der Waals surface area contributed by atoms with E-state index in [0.29, 0.717) is 0 Å². The third-order valence-corrected chi connectivity index (χ3v) is 4.10. The molecule has 1 N–H and O–H groups in total. The third kappa shape index (κ3) is 4.27. The fraction of sp³-hybridized carbons (Fsp3) is 0.538. The predicted octanol–water partition coefficient (Wildman–Crippen LogP) is 4.50. The van der Waals surface area contributed by atoms with Crippen LogP contribution in [0.15, 0.2) is 21.1 Å². The Balaban J connectivity index is 2.80. The van der Waals surface area contributed by atoms with E-state index in [4.69, 9.17) is 4.74 Å². The van der Waals surface area contributed by atoms with Crippen molar-refractivity contribution in [3.8, 4) is 5.75 Å². The lowest BCUT2D eigenvalue weighted by Gasteiger charge is -2.24. The largest absolute Gasteiger partial charge is 0.494 e. The average molecular weight is 365 g/mol. The predicted molar refractivity (Wildman–Crippen MR) is 79.6 cm³/mol. The van der Waals surface area contributed by atoms with Crippen molar-refractivity contribution < 1.29 is 4.74 Å². The van der Waals surface area contributed by atoms with E-state index in [1.54, 1.807) is 7.11 Å². The Labute approximate surface area is 120 Å². The zero-order valence-corrected chi connectivity index (χ0v) is 13.9. The van der Waals surface area contributed by atoms with E-state index < -0.39 is 0 Å². The molecule has 0 radical (unpaired) electrons. The Hall–Kier alpha value is -0.0600. The minimum atomic E-state index is 0.166. The number of ether oxygens (including phenoxy) is 1. The van der Waals surface area contributed by atoms with Crippen LogP contribution in [-0.4, -0.2) is 12.6 Å². The average Bonchev–Trinajstić information content (AvgIpc) is 2.26. The van der Waals surface area contributed by atoms with Crippen LogP contribution in [-0.2, 0) is 6.54 Å². The molecule has 96 valence electrons. The maximum atomic E-state index is 5.28. The minimum Gasteiger partial charge on any atom is -0.494 e. The topological polar surface area (TPSA) is 21.3 Å². The molecule has 0 amide bonds. The van der Waals surface area contributed by atoms with Crippen LogP contribution in [0.5, 0.6) is 5.75 Å². The first-order chi connectivity index (χ1) is 7.89. The van der Waals surface area contributed by atoms with Gasteiger partial charge < -0.3 is 10.1 Å². The Kier molecular flexibility index (Phi) is 5.48. The molecule has 17 heavy (non-hydrogen) atoms. The fourth-order valence-electron chi connectivity index (χ4n) is 1.38. The lowest BCUT2D eigenvalue weighted by molar-refractivity contribution is 0.374. The van der Waals surface area contributed by atoms with Gasteiger partial charge in [-0.3, -0.25) is 0 Å². The van der Waals surface area contributed by atoms with Crippen molar-refractivity contribution in [2.45, 2.75) is 39.3 Å². The number of nitrogens with one attached hydrogen (secondary N) is 1. The van der Waals surface area contributed by atoms with Crippen LogP contribution in [0.3, 0.4) is 0 Å². The van der Waals surface area contributed by atoms with Crippen molar-refractivity contribution in [3.63, 3.8) is 0 Å². The Morgan fingerprint density at radius 1 is 1.24 bits per heavy atom. The van der Waals surface area contributed by atoms with Gasteiger partial charge in [-0.05, 0) is 69.8 Å². The van der Waals surface area contributed by atoms with Crippen LogP contribution in [0.1, 0.15) is 32.8 Å². The zero-order chi connectivity index (χ0) is 13.1. The Morgan fingerprint density at radius 2 is 1.76 bits per heavy atom. The maximum absolute atomic E-state index is 5.28. The molecular formula is C13H19Br2NO. The van der Waals surface area contributed by atoms with E-state index in [9.17, 15) is 0 Å². The van der Waals surface area contributed by atoms with Gasteiger partial charge in [0.1, 0.15) is 5.75 Å². The number of methoxy groups -OCH3 is 1. The van der Waals surface area contributed by atoms with Crippen molar-refractivity contribution in [1.29, 1.82) is 0 Å². The molecular weight excluding hydrogens is 346 g/mol. The maximum Gasteiger partial charge on any atom is 0.147 e. The lowest BCUT2D eigenvalue weighted by atomic mass is 10.0. The molecule has 1 aromatic rings. The number of benzene rings is 1. The highest BCUT2D eigenvalue weighted by atomic mass is 79.9. The second-order valence-corrected chi connectivity index (χ2v) is 6.39. The van der Waals surface area contributed by atoms with Crippen molar-refractivity contribution in [2.24, 2.45) is 0 Å². The summed E-state index contributed by atoms with van der Waals surface area (Å²) in [6, 6.07) is 4.17. The van der Waals surface area contributed by atoms with E-state index in [1.807, 2.05) is 0 Å². The number of hydrogen-bond acceptors (Lipinski definition) is 2. The van der Waals surface area contributed by atoms with Gasteiger partial charge in [-0.2, -0.15) is 0 Å². The summed E-state index contributed by atoms with van der Waals surface area (Å²) >= 11 is 7.03. The van der Waals surface area contributed by atoms with Crippen molar-refractivity contribution in [1.82, 2.24) is 5.32 Å². The van der Waals surface area contributed by atoms with Crippen LogP contribution in [0.4, 0.5) is 0 Å². The van der Waals surface area contributed by atoms with Crippen LogP contribution in [0.25, 0.3) is 0 Å². The Bertz CT molecular complexity index is 368. The van der Waals surface area contributed by atoms with E-state index >= 15 is 0 Å².